The highest BCUT2D eigenvalue weighted by atomic mass is 35.5. The van der Waals surface area contributed by atoms with E-state index in [1.54, 1.807) is 10.8 Å². The summed E-state index contributed by atoms with van der Waals surface area (Å²) in [6, 6.07) is 6.34. The van der Waals surface area contributed by atoms with E-state index in [1.165, 1.54) is 12.8 Å². The zero-order valence-electron chi connectivity index (χ0n) is 11.8. The van der Waals surface area contributed by atoms with E-state index in [0.717, 1.165) is 28.7 Å². The fourth-order valence-electron chi connectivity index (χ4n) is 2.08. The highest BCUT2D eigenvalue weighted by Crippen LogP contribution is 2.28. The van der Waals surface area contributed by atoms with Crippen molar-refractivity contribution in [3.63, 3.8) is 0 Å². The molecule has 0 radical (unpaired) electrons. The second-order valence-corrected chi connectivity index (χ2v) is 6.01. The Balaban J connectivity index is 1.71. The molecular formula is C15H17Cl2N3O. The van der Waals surface area contributed by atoms with Gasteiger partial charge >= 0.3 is 0 Å². The number of ether oxygens (including phenoxy) is 1. The molecule has 1 aliphatic rings. The van der Waals surface area contributed by atoms with E-state index in [0.29, 0.717) is 17.8 Å². The van der Waals surface area contributed by atoms with E-state index < -0.39 is 0 Å². The summed E-state index contributed by atoms with van der Waals surface area (Å²) in [4.78, 5) is 4.22. The number of benzene rings is 1. The molecule has 2 aromatic rings. The van der Waals surface area contributed by atoms with Crippen LogP contribution in [0.15, 0.2) is 24.4 Å². The lowest BCUT2D eigenvalue weighted by Gasteiger charge is -2.13. The van der Waals surface area contributed by atoms with E-state index >= 15 is 0 Å². The topological polar surface area (TPSA) is 39.1 Å². The molecule has 0 aliphatic heterocycles. The molecular weight excluding hydrogens is 309 g/mol. The molecule has 0 amide bonds. The number of imidazole rings is 1. The molecule has 1 aliphatic carbocycles. The van der Waals surface area contributed by atoms with Crippen molar-refractivity contribution in [2.24, 2.45) is 7.05 Å². The van der Waals surface area contributed by atoms with Gasteiger partial charge in [-0.25, -0.2) is 4.98 Å². The highest BCUT2D eigenvalue weighted by molar-refractivity contribution is 6.31. The molecule has 1 N–H and O–H groups in total. The molecule has 6 heteroatoms. The molecule has 1 fully saturated rings. The molecule has 1 saturated carbocycles. The van der Waals surface area contributed by atoms with Gasteiger partial charge in [-0.3, -0.25) is 0 Å². The Morgan fingerprint density at radius 2 is 2.19 bits per heavy atom. The third-order valence-corrected chi connectivity index (χ3v) is 4.31. The molecule has 0 saturated heterocycles. The normalized spacial score (nSPS) is 14.4. The van der Waals surface area contributed by atoms with E-state index in [-0.39, 0.29) is 0 Å². The van der Waals surface area contributed by atoms with Gasteiger partial charge in [0.1, 0.15) is 23.3 Å². The predicted molar refractivity (Wildman–Crippen MR) is 83.9 cm³/mol. The Hall–Kier alpha value is -1.23. The lowest BCUT2D eigenvalue weighted by atomic mass is 10.2. The maximum atomic E-state index is 6.29. The van der Waals surface area contributed by atoms with Crippen molar-refractivity contribution in [3.05, 3.63) is 46.0 Å². The van der Waals surface area contributed by atoms with Gasteiger partial charge in [-0.05, 0) is 25.0 Å². The number of hydrogen-bond acceptors (Lipinski definition) is 3. The first kappa shape index (κ1) is 14.7. The fraction of sp³-hybridized carbons (Fsp3) is 0.400. The SMILES string of the molecule is Cn1c(Cl)cnc1COc1cccc(Cl)c1CNC1CC1. The molecule has 3 rings (SSSR count). The van der Waals surface area contributed by atoms with Gasteiger partial charge < -0.3 is 14.6 Å². The predicted octanol–water partition coefficient (Wildman–Crippen LogP) is 3.56. The Kier molecular flexibility index (Phi) is 4.38. The van der Waals surface area contributed by atoms with E-state index in [2.05, 4.69) is 10.3 Å². The summed E-state index contributed by atoms with van der Waals surface area (Å²) in [5.74, 6) is 1.57. The first-order valence-electron chi connectivity index (χ1n) is 6.95. The zero-order valence-corrected chi connectivity index (χ0v) is 13.3. The number of halogens is 2. The van der Waals surface area contributed by atoms with Crippen molar-refractivity contribution in [1.82, 2.24) is 14.9 Å². The quantitative estimate of drug-likeness (QED) is 0.882. The maximum absolute atomic E-state index is 6.29. The first-order valence-corrected chi connectivity index (χ1v) is 7.70. The third-order valence-electron chi connectivity index (χ3n) is 3.61. The van der Waals surface area contributed by atoms with Crippen LogP contribution in [0.4, 0.5) is 0 Å². The standard InChI is InChI=1S/C15H17Cl2N3O/c1-20-14(17)8-19-15(20)9-21-13-4-2-3-12(16)11(13)7-18-10-5-6-10/h2-4,8,10,18H,5-7,9H2,1H3. The van der Waals surface area contributed by atoms with Gasteiger partial charge in [0.25, 0.3) is 0 Å². The molecule has 0 atom stereocenters. The Labute approximate surface area is 134 Å². The van der Waals surface area contributed by atoms with Crippen molar-refractivity contribution in [1.29, 1.82) is 0 Å². The molecule has 0 unspecified atom stereocenters. The van der Waals surface area contributed by atoms with Gasteiger partial charge in [0.2, 0.25) is 0 Å². The van der Waals surface area contributed by atoms with Crippen LogP contribution in [0.1, 0.15) is 24.2 Å². The van der Waals surface area contributed by atoms with Gasteiger partial charge in [0, 0.05) is 30.2 Å². The van der Waals surface area contributed by atoms with Gasteiger partial charge in [-0.15, -0.1) is 0 Å². The second kappa shape index (κ2) is 6.26. The monoisotopic (exact) mass is 325 g/mol. The summed E-state index contributed by atoms with van der Waals surface area (Å²) >= 11 is 12.3. The maximum Gasteiger partial charge on any atom is 0.147 e. The number of rotatable bonds is 6. The lowest BCUT2D eigenvalue weighted by Crippen LogP contribution is -2.16. The third kappa shape index (κ3) is 3.51. The van der Waals surface area contributed by atoms with Crippen LogP contribution in [0, 0.1) is 0 Å². The van der Waals surface area contributed by atoms with Crippen molar-refractivity contribution in [2.75, 3.05) is 0 Å². The second-order valence-electron chi connectivity index (χ2n) is 5.22. The molecule has 112 valence electrons. The van der Waals surface area contributed by atoms with Crippen LogP contribution >= 0.6 is 23.2 Å². The molecule has 1 heterocycles. The van der Waals surface area contributed by atoms with Crippen LogP contribution in [0.2, 0.25) is 10.2 Å². The van der Waals surface area contributed by atoms with Gasteiger partial charge in [-0.1, -0.05) is 29.3 Å². The smallest absolute Gasteiger partial charge is 0.147 e. The summed E-state index contributed by atoms with van der Waals surface area (Å²) < 4.78 is 7.68. The average Bonchev–Trinajstić information content (AvgIpc) is 3.24. The molecule has 21 heavy (non-hydrogen) atoms. The van der Waals surface area contributed by atoms with Crippen LogP contribution < -0.4 is 10.1 Å². The van der Waals surface area contributed by atoms with Crippen molar-refractivity contribution in [3.8, 4) is 5.75 Å². The van der Waals surface area contributed by atoms with Crippen LogP contribution in [0.5, 0.6) is 5.75 Å². The minimum Gasteiger partial charge on any atom is -0.485 e. The van der Waals surface area contributed by atoms with E-state index in [4.69, 9.17) is 27.9 Å². The largest absolute Gasteiger partial charge is 0.485 e. The van der Waals surface area contributed by atoms with Crippen molar-refractivity contribution in [2.45, 2.75) is 32.0 Å². The van der Waals surface area contributed by atoms with Gasteiger partial charge in [0.05, 0.1) is 6.20 Å². The zero-order chi connectivity index (χ0) is 14.8. The van der Waals surface area contributed by atoms with Gasteiger partial charge in [-0.2, -0.15) is 0 Å². The number of nitrogens with zero attached hydrogens (tertiary/aromatic N) is 2. The molecule has 0 spiro atoms. The summed E-state index contributed by atoms with van der Waals surface area (Å²) in [5.41, 5.74) is 0.992. The number of nitrogens with one attached hydrogen (secondary N) is 1. The Bertz CT molecular complexity index is 638. The average molecular weight is 326 g/mol. The minimum absolute atomic E-state index is 0.361. The minimum atomic E-state index is 0.361. The summed E-state index contributed by atoms with van der Waals surface area (Å²) in [7, 11) is 1.86. The van der Waals surface area contributed by atoms with E-state index in [1.807, 2.05) is 25.2 Å². The number of aromatic nitrogens is 2. The first-order chi connectivity index (χ1) is 10.1. The van der Waals surface area contributed by atoms with Gasteiger partial charge in [0.15, 0.2) is 0 Å². The molecule has 1 aromatic heterocycles. The summed E-state index contributed by atoms with van der Waals surface area (Å²) in [6.07, 6.45) is 4.10. The van der Waals surface area contributed by atoms with Crippen LogP contribution in [-0.2, 0) is 20.2 Å². The Morgan fingerprint density at radius 1 is 1.38 bits per heavy atom. The number of hydrogen-bond donors (Lipinski definition) is 1. The fourth-order valence-corrected chi connectivity index (χ4v) is 2.46. The van der Waals surface area contributed by atoms with Crippen LogP contribution in [0.3, 0.4) is 0 Å². The summed E-state index contributed by atoms with van der Waals surface area (Å²) in [5, 5.41) is 4.78. The van der Waals surface area contributed by atoms with E-state index in [9.17, 15) is 0 Å². The molecule has 0 bridgehead atoms. The van der Waals surface area contributed by atoms with Crippen molar-refractivity contribution < 1.29 is 4.74 Å². The highest BCUT2D eigenvalue weighted by Gasteiger charge is 2.21. The van der Waals surface area contributed by atoms with Crippen LogP contribution in [-0.4, -0.2) is 15.6 Å². The molecule has 1 aromatic carbocycles. The lowest BCUT2D eigenvalue weighted by molar-refractivity contribution is 0.288. The Morgan fingerprint density at radius 3 is 2.86 bits per heavy atom. The molecule has 4 nitrogen and oxygen atoms in total. The van der Waals surface area contributed by atoms with Crippen LogP contribution in [0.25, 0.3) is 0 Å². The van der Waals surface area contributed by atoms with Crippen molar-refractivity contribution >= 4 is 23.2 Å². The summed E-state index contributed by atoms with van der Waals surface area (Å²) in [6.45, 7) is 1.08.